The molecule has 0 saturated carbocycles. The van der Waals surface area contributed by atoms with Crippen LogP contribution in [0.15, 0.2) is 34.8 Å². The highest BCUT2D eigenvalue weighted by atomic mass is 79.9. The van der Waals surface area contributed by atoms with Crippen LogP contribution in [-0.2, 0) is 0 Å². The highest BCUT2D eigenvalue weighted by molar-refractivity contribution is 9.10. The number of carbonyl (C=O) groups is 2. The van der Waals surface area contributed by atoms with Crippen molar-refractivity contribution in [1.29, 1.82) is 0 Å². The van der Waals surface area contributed by atoms with E-state index in [0.717, 1.165) is 0 Å². The van der Waals surface area contributed by atoms with E-state index >= 15 is 0 Å². The standard InChI is InChI=1S/C23H24BrNO6/c1-28-18-12-15(19(24)21(30-3)20(18)29-2)22(27)25-10-8-23(9-11-25)13-16(26)14-6-4-5-7-17(14)31-23/h4-7,12H,8-11,13H2,1-3H3. The summed E-state index contributed by atoms with van der Waals surface area (Å²) in [6, 6.07) is 8.99. The largest absolute Gasteiger partial charge is 0.493 e. The summed E-state index contributed by atoms with van der Waals surface area (Å²) in [5, 5.41) is 0. The van der Waals surface area contributed by atoms with Gasteiger partial charge in [-0.25, -0.2) is 0 Å². The molecule has 1 fully saturated rings. The fraction of sp³-hybridized carbons (Fsp3) is 0.391. The molecule has 0 unspecified atom stereocenters. The van der Waals surface area contributed by atoms with Crippen LogP contribution in [0.3, 0.4) is 0 Å². The van der Waals surface area contributed by atoms with Gasteiger partial charge in [-0.15, -0.1) is 0 Å². The molecule has 1 amide bonds. The highest BCUT2D eigenvalue weighted by Crippen LogP contribution is 2.45. The van der Waals surface area contributed by atoms with Crippen molar-refractivity contribution < 1.29 is 28.5 Å². The van der Waals surface area contributed by atoms with Crippen molar-refractivity contribution >= 4 is 27.6 Å². The van der Waals surface area contributed by atoms with Crippen molar-refractivity contribution in [3.8, 4) is 23.0 Å². The lowest BCUT2D eigenvalue weighted by molar-refractivity contribution is -0.00574. The number of hydrogen-bond acceptors (Lipinski definition) is 6. The number of ketones is 1. The fourth-order valence-electron chi connectivity index (χ4n) is 4.29. The normalized spacial score (nSPS) is 17.0. The zero-order chi connectivity index (χ0) is 22.2. The first-order chi connectivity index (χ1) is 14.9. The molecular weight excluding hydrogens is 466 g/mol. The molecule has 2 aromatic carbocycles. The number of halogens is 1. The van der Waals surface area contributed by atoms with Gasteiger partial charge in [-0.3, -0.25) is 9.59 Å². The Morgan fingerprint density at radius 3 is 2.39 bits per heavy atom. The Morgan fingerprint density at radius 2 is 1.74 bits per heavy atom. The molecule has 1 spiro atoms. The maximum atomic E-state index is 13.3. The number of likely N-dealkylation sites (tertiary alicyclic amines) is 1. The molecule has 31 heavy (non-hydrogen) atoms. The summed E-state index contributed by atoms with van der Waals surface area (Å²) in [4.78, 5) is 27.7. The number of ether oxygens (including phenoxy) is 4. The summed E-state index contributed by atoms with van der Waals surface area (Å²) in [7, 11) is 4.54. The van der Waals surface area contributed by atoms with Crippen LogP contribution in [0, 0.1) is 0 Å². The predicted octanol–water partition coefficient (Wildman–Crippen LogP) is 4.12. The van der Waals surface area contributed by atoms with Gasteiger partial charge in [0.25, 0.3) is 5.91 Å². The van der Waals surface area contributed by atoms with Gasteiger partial charge in [0.2, 0.25) is 5.75 Å². The molecule has 0 atom stereocenters. The molecule has 1 saturated heterocycles. The van der Waals surface area contributed by atoms with Gasteiger partial charge >= 0.3 is 0 Å². The van der Waals surface area contributed by atoms with Crippen LogP contribution in [0.4, 0.5) is 0 Å². The smallest absolute Gasteiger partial charge is 0.255 e. The second kappa shape index (κ2) is 8.42. The van der Waals surface area contributed by atoms with Gasteiger partial charge in [-0.1, -0.05) is 12.1 Å². The number of fused-ring (bicyclic) bond motifs is 1. The van der Waals surface area contributed by atoms with Crippen LogP contribution in [0.25, 0.3) is 0 Å². The van der Waals surface area contributed by atoms with Crippen molar-refractivity contribution in [2.24, 2.45) is 0 Å². The zero-order valence-electron chi connectivity index (χ0n) is 17.7. The van der Waals surface area contributed by atoms with E-state index in [2.05, 4.69) is 15.9 Å². The average molecular weight is 490 g/mol. The second-order valence-corrected chi connectivity index (χ2v) is 8.47. The number of benzene rings is 2. The number of para-hydroxylation sites is 1. The van der Waals surface area contributed by atoms with Crippen LogP contribution in [0.1, 0.15) is 40.0 Å². The van der Waals surface area contributed by atoms with Crippen molar-refractivity contribution in [3.05, 3.63) is 45.9 Å². The van der Waals surface area contributed by atoms with Gasteiger partial charge in [-0.2, -0.15) is 0 Å². The van der Waals surface area contributed by atoms with Crippen LogP contribution < -0.4 is 18.9 Å². The molecule has 0 aliphatic carbocycles. The molecule has 0 N–H and O–H groups in total. The molecule has 0 aromatic heterocycles. The fourth-order valence-corrected chi connectivity index (χ4v) is 4.91. The average Bonchev–Trinajstić information content (AvgIpc) is 2.78. The highest BCUT2D eigenvalue weighted by Gasteiger charge is 2.44. The minimum atomic E-state index is -0.561. The first-order valence-corrected chi connectivity index (χ1v) is 10.8. The minimum Gasteiger partial charge on any atom is -0.493 e. The molecule has 2 heterocycles. The van der Waals surface area contributed by atoms with Crippen molar-refractivity contribution in [2.75, 3.05) is 34.4 Å². The Balaban J connectivity index is 1.55. The molecule has 2 aliphatic heterocycles. The molecule has 0 radical (unpaired) electrons. The molecule has 0 bridgehead atoms. The first-order valence-electron chi connectivity index (χ1n) is 10.0. The lowest BCUT2D eigenvalue weighted by Gasteiger charge is -2.44. The van der Waals surface area contributed by atoms with E-state index in [1.54, 1.807) is 17.0 Å². The Hall–Kier alpha value is -2.74. The number of rotatable bonds is 4. The number of Topliss-reactive ketones (excluding diaryl/α,β-unsaturated/α-hetero) is 1. The number of piperidine rings is 1. The molecule has 164 valence electrons. The van der Waals surface area contributed by atoms with Crippen molar-refractivity contribution in [2.45, 2.75) is 24.9 Å². The molecule has 4 rings (SSSR count). The number of nitrogens with zero attached hydrogens (tertiary/aromatic N) is 1. The van der Waals surface area contributed by atoms with E-state index in [1.165, 1.54) is 21.3 Å². The number of amides is 1. The molecule has 8 heteroatoms. The van der Waals surface area contributed by atoms with E-state index in [0.29, 0.717) is 70.9 Å². The second-order valence-electron chi connectivity index (χ2n) is 7.68. The lowest BCUT2D eigenvalue weighted by atomic mass is 9.82. The molecule has 2 aliphatic rings. The maximum absolute atomic E-state index is 13.3. The first kappa shape index (κ1) is 21.5. The maximum Gasteiger partial charge on any atom is 0.255 e. The lowest BCUT2D eigenvalue weighted by Crippen LogP contribution is -2.52. The summed E-state index contributed by atoms with van der Waals surface area (Å²) in [5.74, 6) is 1.80. The third kappa shape index (κ3) is 3.73. The SMILES string of the molecule is COc1cc(C(=O)N2CCC3(CC2)CC(=O)c2ccccc2O3)c(Br)c(OC)c1OC. The van der Waals surface area contributed by atoms with Gasteiger partial charge in [0, 0.05) is 25.9 Å². The summed E-state index contributed by atoms with van der Waals surface area (Å²) < 4.78 is 23.0. The van der Waals surface area contributed by atoms with Gasteiger partial charge in [0.1, 0.15) is 11.4 Å². The number of methoxy groups -OCH3 is 3. The van der Waals surface area contributed by atoms with Crippen LogP contribution in [-0.4, -0.2) is 56.6 Å². The molecule has 2 aromatic rings. The van der Waals surface area contributed by atoms with E-state index in [9.17, 15) is 9.59 Å². The Kier molecular flexibility index (Phi) is 5.83. The van der Waals surface area contributed by atoms with Gasteiger partial charge in [0.05, 0.1) is 43.3 Å². The van der Waals surface area contributed by atoms with Crippen LogP contribution in [0.2, 0.25) is 0 Å². The number of hydrogen-bond donors (Lipinski definition) is 0. The van der Waals surface area contributed by atoms with Crippen LogP contribution >= 0.6 is 15.9 Å². The van der Waals surface area contributed by atoms with E-state index in [4.69, 9.17) is 18.9 Å². The summed E-state index contributed by atoms with van der Waals surface area (Å²) in [6.45, 7) is 0.967. The van der Waals surface area contributed by atoms with Crippen LogP contribution in [0.5, 0.6) is 23.0 Å². The Labute approximate surface area is 189 Å². The summed E-state index contributed by atoms with van der Waals surface area (Å²) in [5.41, 5.74) is 0.499. The van der Waals surface area contributed by atoms with Gasteiger partial charge < -0.3 is 23.8 Å². The Morgan fingerprint density at radius 1 is 1.06 bits per heavy atom. The van der Waals surface area contributed by atoms with E-state index in [1.807, 2.05) is 18.2 Å². The molecular formula is C23H24BrNO6. The third-order valence-corrected chi connectivity index (χ3v) is 6.75. The van der Waals surface area contributed by atoms with E-state index < -0.39 is 5.60 Å². The predicted molar refractivity (Wildman–Crippen MR) is 118 cm³/mol. The van der Waals surface area contributed by atoms with Gasteiger partial charge in [-0.05, 0) is 34.1 Å². The summed E-state index contributed by atoms with van der Waals surface area (Å²) >= 11 is 3.48. The molecule has 7 nitrogen and oxygen atoms in total. The Bertz CT molecular complexity index is 1030. The number of carbonyl (C=O) groups excluding carboxylic acids is 2. The third-order valence-electron chi connectivity index (χ3n) is 5.96. The van der Waals surface area contributed by atoms with Crippen molar-refractivity contribution in [3.63, 3.8) is 0 Å². The van der Waals surface area contributed by atoms with Crippen molar-refractivity contribution in [1.82, 2.24) is 4.90 Å². The topological polar surface area (TPSA) is 74.3 Å². The van der Waals surface area contributed by atoms with Gasteiger partial charge in [0.15, 0.2) is 17.3 Å². The van der Waals surface area contributed by atoms with E-state index in [-0.39, 0.29) is 11.7 Å². The monoisotopic (exact) mass is 489 g/mol. The summed E-state index contributed by atoms with van der Waals surface area (Å²) in [6.07, 6.45) is 1.50. The minimum absolute atomic E-state index is 0.0917. The zero-order valence-corrected chi connectivity index (χ0v) is 19.3. The quantitative estimate of drug-likeness (QED) is 0.642.